The third-order valence-electron chi connectivity index (χ3n) is 3.42. The predicted molar refractivity (Wildman–Crippen MR) is 89.0 cm³/mol. The lowest BCUT2D eigenvalue weighted by atomic mass is 10.1. The molecule has 1 aromatic carbocycles. The Balaban J connectivity index is 2.46. The Morgan fingerprint density at radius 3 is 2.48 bits per heavy atom. The van der Waals surface area contributed by atoms with Crippen LogP contribution in [0.25, 0.3) is 0 Å². The van der Waals surface area contributed by atoms with E-state index in [1.807, 2.05) is 13.8 Å². The van der Waals surface area contributed by atoms with E-state index in [0.29, 0.717) is 18.0 Å². The first-order valence-corrected chi connectivity index (χ1v) is 9.50. The number of halogens is 1. The van der Waals surface area contributed by atoms with E-state index >= 15 is 0 Å². The fourth-order valence-corrected chi connectivity index (χ4v) is 2.90. The summed E-state index contributed by atoms with van der Waals surface area (Å²) in [5.74, 6) is -0.348. The van der Waals surface area contributed by atoms with Crippen molar-refractivity contribution in [1.29, 1.82) is 0 Å². The van der Waals surface area contributed by atoms with Gasteiger partial charge in [-0.05, 0) is 24.0 Å². The molecule has 0 saturated carbocycles. The second kappa shape index (κ2) is 8.98. The zero-order valence-corrected chi connectivity index (χ0v) is 14.7. The van der Waals surface area contributed by atoms with Crippen molar-refractivity contribution in [3.05, 3.63) is 35.6 Å². The largest absolute Gasteiger partial charge is 0.354 e. The molecule has 0 saturated heterocycles. The molecule has 0 aliphatic carbocycles. The van der Waals surface area contributed by atoms with Gasteiger partial charge in [0.05, 0.1) is 12.7 Å². The Labute approximate surface area is 137 Å². The van der Waals surface area contributed by atoms with Crippen LogP contribution in [-0.2, 0) is 21.2 Å². The van der Waals surface area contributed by atoms with Gasteiger partial charge < -0.3 is 5.32 Å². The molecule has 1 N–H and O–H groups in total. The summed E-state index contributed by atoms with van der Waals surface area (Å²) in [7, 11) is -3.30. The SMILES string of the molecule is CC(C)CCN(CCNC(=O)Cc1ccccc1F)S(C)(=O)=O. The average Bonchev–Trinajstić information content (AvgIpc) is 2.43. The van der Waals surface area contributed by atoms with E-state index < -0.39 is 15.8 Å². The summed E-state index contributed by atoms with van der Waals surface area (Å²) < 4.78 is 38.3. The molecule has 0 aliphatic heterocycles. The molecule has 0 bridgehead atoms. The van der Waals surface area contributed by atoms with Gasteiger partial charge in [-0.3, -0.25) is 4.79 Å². The standard InChI is InChI=1S/C16H25FN2O3S/c1-13(2)8-10-19(23(3,21)22)11-9-18-16(20)12-14-6-4-5-7-15(14)17/h4-7,13H,8-12H2,1-3H3,(H,18,20). The van der Waals surface area contributed by atoms with Crippen molar-refractivity contribution in [2.75, 3.05) is 25.9 Å². The number of benzene rings is 1. The van der Waals surface area contributed by atoms with Crippen molar-refractivity contribution in [3.8, 4) is 0 Å². The highest BCUT2D eigenvalue weighted by Crippen LogP contribution is 2.07. The zero-order chi connectivity index (χ0) is 17.5. The Morgan fingerprint density at radius 1 is 1.26 bits per heavy atom. The van der Waals surface area contributed by atoms with Gasteiger partial charge in [0.25, 0.3) is 0 Å². The number of carbonyl (C=O) groups is 1. The molecule has 1 rings (SSSR count). The molecule has 1 amide bonds. The van der Waals surface area contributed by atoms with Crippen molar-refractivity contribution in [3.63, 3.8) is 0 Å². The van der Waals surface area contributed by atoms with E-state index in [-0.39, 0.29) is 25.4 Å². The molecule has 5 nitrogen and oxygen atoms in total. The van der Waals surface area contributed by atoms with Gasteiger partial charge in [0, 0.05) is 19.6 Å². The highest BCUT2D eigenvalue weighted by molar-refractivity contribution is 7.88. The van der Waals surface area contributed by atoms with Gasteiger partial charge >= 0.3 is 0 Å². The molecule has 0 heterocycles. The normalized spacial score (nSPS) is 11.9. The fourth-order valence-electron chi connectivity index (χ4n) is 2.04. The highest BCUT2D eigenvalue weighted by atomic mass is 32.2. The van der Waals surface area contributed by atoms with Crippen LogP contribution in [-0.4, -0.2) is 44.5 Å². The fraction of sp³-hybridized carbons (Fsp3) is 0.562. The number of amides is 1. The minimum atomic E-state index is -3.30. The number of nitrogens with one attached hydrogen (secondary N) is 1. The molecular weight excluding hydrogens is 319 g/mol. The van der Waals surface area contributed by atoms with E-state index in [2.05, 4.69) is 5.32 Å². The van der Waals surface area contributed by atoms with Crippen LogP contribution in [0.5, 0.6) is 0 Å². The molecule has 23 heavy (non-hydrogen) atoms. The van der Waals surface area contributed by atoms with Crippen molar-refractivity contribution in [1.82, 2.24) is 9.62 Å². The summed E-state index contributed by atoms with van der Waals surface area (Å²) in [6.45, 7) is 4.90. The van der Waals surface area contributed by atoms with Gasteiger partial charge in [-0.1, -0.05) is 32.0 Å². The molecule has 0 aromatic heterocycles. The van der Waals surface area contributed by atoms with E-state index in [1.165, 1.54) is 10.4 Å². The maximum Gasteiger partial charge on any atom is 0.224 e. The van der Waals surface area contributed by atoms with Crippen LogP contribution in [0.2, 0.25) is 0 Å². The molecule has 0 fully saturated rings. The van der Waals surface area contributed by atoms with Crippen molar-refractivity contribution < 1.29 is 17.6 Å². The zero-order valence-electron chi connectivity index (χ0n) is 13.9. The summed E-state index contributed by atoms with van der Waals surface area (Å²) in [6, 6.07) is 6.10. The molecule has 0 unspecified atom stereocenters. The molecule has 0 radical (unpaired) electrons. The lowest BCUT2D eigenvalue weighted by Gasteiger charge is -2.21. The summed E-state index contributed by atoms with van der Waals surface area (Å²) in [6.07, 6.45) is 1.86. The average molecular weight is 344 g/mol. The van der Waals surface area contributed by atoms with Gasteiger partial charge in [-0.2, -0.15) is 0 Å². The van der Waals surface area contributed by atoms with Crippen LogP contribution >= 0.6 is 0 Å². The van der Waals surface area contributed by atoms with Crippen LogP contribution in [0.4, 0.5) is 4.39 Å². The first-order valence-electron chi connectivity index (χ1n) is 7.65. The number of hydrogen-bond acceptors (Lipinski definition) is 3. The van der Waals surface area contributed by atoms with Gasteiger partial charge in [-0.15, -0.1) is 0 Å². The maximum atomic E-state index is 13.5. The smallest absolute Gasteiger partial charge is 0.224 e. The topological polar surface area (TPSA) is 66.5 Å². The highest BCUT2D eigenvalue weighted by Gasteiger charge is 2.17. The summed E-state index contributed by atoms with van der Waals surface area (Å²) in [4.78, 5) is 11.8. The Bertz CT molecular complexity index is 618. The third-order valence-corrected chi connectivity index (χ3v) is 4.72. The lowest BCUT2D eigenvalue weighted by molar-refractivity contribution is -0.120. The molecule has 0 spiro atoms. The van der Waals surface area contributed by atoms with Crippen LogP contribution in [0.1, 0.15) is 25.8 Å². The van der Waals surface area contributed by atoms with Crippen LogP contribution in [0.15, 0.2) is 24.3 Å². The monoisotopic (exact) mass is 344 g/mol. The molecule has 1 aromatic rings. The second-order valence-electron chi connectivity index (χ2n) is 5.96. The molecule has 7 heteroatoms. The second-order valence-corrected chi connectivity index (χ2v) is 7.95. The third kappa shape index (κ3) is 7.56. The van der Waals surface area contributed by atoms with Crippen LogP contribution in [0.3, 0.4) is 0 Å². The van der Waals surface area contributed by atoms with Crippen molar-refractivity contribution in [2.24, 2.45) is 5.92 Å². The van der Waals surface area contributed by atoms with Gasteiger partial charge in [0.1, 0.15) is 5.82 Å². The number of rotatable bonds is 9. The maximum absolute atomic E-state index is 13.5. The number of hydrogen-bond donors (Lipinski definition) is 1. The minimum Gasteiger partial charge on any atom is -0.354 e. The Hall–Kier alpha value is -1.47. The number of carbonyl (C=O) groups excluding carboxylic acids is 1. The van der Waals surface area contributed by atoms with Gasteiger partial charge in [0.2, 0.25) is 15.9 Å². The first kappa shape index (κ1) is 19.6. The van der Waals surface area contributed by atoms with Crippen molar-refractivity contribution >= 4 is 15.9 Å². The van der Waals surface area contributed by atoms with Gasteiger partial charge in [0.15, 0.2) is 0 Å². The van der Waals surface area contributed by atoms with E-state index in [0.717, 1.165) is 12.7 Å². The molecule has 0 aliphatic rings. The Morgan fingerprint density at radius 2 is 1.91 bits per heavy atom. The Kier molecular flexibility index (Phi) is 7.64. The van der Waals surface area contributed by atoms with Crippen LogP contribution < -0.4 is 5.32 Å². The van der Waals surface area contributed by atoms with Gasteiger partial charge in [-0.25, -0.2) is 17.1 Å². The van der Waals surface area contributed by atoms with E-state index in [1.54, 1.807) is 18.2 Å². The molecular formula is C16H25FN2O3S. The van der Waals surface area contributed by atoms with Crippen LogP contribution in [0, 0.1) is 11.7 Å². The van der Waals surface area contributed by atoms with Crippen molar-refractivity contribution in [2.45, 2.75) is 26.7 Å². The summed E-state index contributed by atoms with van der Waals surface area (Å²) in [5.41, 5.74) is 0.324. The summed E-state index contributed by atoms with van der Waals surface area (Å²) in [5, 5.41) is 2.64. The number of nitrogens with zero attached hydrogens (tertiary/aromatic N) is 1. The predicted octanol–water partition coefficient (Wildman–Crippen LogP) is 1.79. The van der Waals surface area contributed by atoms with E-state index in [9.17, 15) is 17.6 Å². The number of sulfonamides is 1. The summed E-state index contributed by atoms with van der Waals surface area (Å²) >= 11 is 0. The van der Waals surface area contributed by atoms with E-state index in [4.69, 9.17) is 0 Å². The molecule has 0 atom stereocenters. The first-order chi connectivity index (χ1) is 10.7. The minimum absolute atomic E-state index is 0.0580. The quantitative estimate of drug-likeness (QED) is 0.743. The molecule has 130 valence electrons. The lowest BCUT2D eigenvalue weighted by Crippen LogP contribution is -2.39.